The van der Waals surface area contributed by atoms with Crippen LogP contribution in [0.4, 0.5) is 0 Å². The summed E-state index contributed by atoms with van der Waals surface area (Å²) in [7, 11) is 0. The van der Waals surface area contributed by atoms with Gasteiger partial charge in [0.1, 0.15) is 0 Å². The number of guanidine groups is 1. The molecular weight excluding hydrogens is 114 g/mol. The summed E-state index contributed by atoms with van der Waals surface area (Å²) in [5, 5.41) is 2.85. The van der Waals surface area contributed by atoms with Crippen molar-refractivity contribution in [1.29, 1.82) is 0 Å². The highest BCUT2D eigenvalue weighted by molar-refractivity contribution is 5.76. The zero-order valence-electron chi connectivity index (χ0n) is 6.07. The van der Waals surface area contributed by atoms with Gasteiger partial charge in [0, 0.05) is 13.1 Å². The van der Waals surface area contributed by atoms with Crippen LogP contribution in [0.2, 0.25) is 0 Å². The molecule has 53 valence electrons. The lowest BCUT2D eigenvalue weighted by Crippen LogP contribution is -2.25. The number of nitrogens with zero attached hydrogens (tertiary/aromatic N) is 1. The maximum atomic E-state index is 7.11. The molecule has 0 aromatic heterocycles. The first-order valence-electron chi connectivity index (χ1n) is 3.31. The highest BCUT2D eigenvalue weighted by Crippen LogP contribution is 1.71. The number of hydrogen-bond acceptors (Lipinski definition) is 1. The zero-order valence-corrected chi connectivity index (χ0v) is 6.07. The number of rotatable bonds is 3. The first-order valence-corrected chi connectivity index (χ1v) is 3.31. The van der Waals surface area contributed by atoms with Crippen molar-refractivity contribution in [3.05, 3.63) is 0 Å². The average Bonchev–Trinajstić information content (AvgIpc) is 1.85. The van der Waals surface area contributed by atoms with Crippen molar-refractivity contribution >= 4 is 5.96 Å². The fourth-order valence-corrected chi connectivity index (χ4v) is 0.457. The zero-order chi connectivity index (χ0) is 7.11. The second-order valence-electron chi connectivity index (χ2n) is 1.75. The minimum absolute atomic E-state index is 0.305. The van der Waals surface area contributed by atoms with E-state index in [1.54, 1.807) is 0 Å². The van der Waals surface area contributed by atoms with Crippen LogP contribution in [0.3, 0.4) is 0 Å². The lowest BCUT2D eigenvalue weighted by Gasteiger charge is -1.99. The fourth-order valence-electron chi connectivity index (χ4n) is 0.457. The van der Waals surface area contributed by atoms with Crippen LogP contribution in [0.25, 0.3) is 0 Å². The van der Waals surface area contributed by atoms with Crippen LogP contribution in [0, 0.1) is 0 Å². The second kappa shape index (κ2) is 5.41. The molecule has 0 aromatic rings. The molecular formula is C6H14N3. The molecule has 0 amide bonds. The maximum absolute atomic E-state index is 7.11. The summed E-state index contributed by atoms with van der Waals surface area (Å²) in [6.45, 7) is 5.52. The van der Waals surface area contributed by atoms with E-state index in [1.165, 1.54) is 0 Å². The molecule has 9 heavy (non-hydrogen) atoms. The van der Waals surface area contributed by atoms with Gasteiger partial charge in [-0.15, -0.1) is 0 Å². The van der Waals surface area contributed by atoms with E-state index >= 15 is 0 Å². The van der Waals surface area contributed by atoms with Gasteiger partial charge < -0.3 is 5.32 Å². The molecule has 0 atom stereocenters. The predicted molar refractivity (Wildman–Crippen MR) is 39.4 cm³/mol. The van der Waals surface area contributed by atoms with Crippen LogP contribution in [0.1, 0.15) is 20.3 Å². The third kappa shape index (κ3) is 5.14. The summed E-state index contributed by atoms with van der Waals surface area (Å²) in [4.78, 5) is 3.83. The van der Waals surface area contributed by atoms with Crippen molar-refractivity contribution in [3.63, 3.8) is 0 Å². The molecule has 3 nitrogen and oxygen atoms in total. The third-order valence-electron chi connectivity index (χ3n) is 0.859. The highest BCUT2D eigenvalue weighted by atomic mass is 15.1. The highest BCUT2D eigenvalue weighted by Gasteiger charge is 1.85. The Morgan fingerprint density at radius 1 is 1.56 bits per heavy atom. The Kier molecular flexibility index (Phi) is 4.97. The van der Waals surface area contributed by atoms with E-state index < -0.39 is 0 Å². The van der Waals surface area contributed by atoms with Gasteiger partial charge in [0.05, 0.1) is 0 Å². The van der Waals surface area contributed by atoms with Gasteiger partial charge in [-0.05, 0) is 13.3 Å². The van der Waals surface area contributed by atoms with E-state index in [9.17, 15) is 0 Å². The number of aliphatic imine (C=N–C) groups is 1. The lowest BCUT2D eigenvalue weighted by atomic mass is 10.5. The molecule has 0 spiro atoms. The molecule has 0 aliphatic heterocycles. The smallest absolute Gasteiger partial charge is 0.210 e. The van der Waals surface area contributed by atoms with Crippen molar-refractivity contribution in [2.75, 3.05) is 13.1 Å². The molecule has 0 saturated heterocycles. The van der Waals surface area contributed by atoms with Gasteiger partial charge in [-0.1, -0.05) is 6.92 Å². The lowest BCUT2D eigenvalue weighted by molar-refractivity contribution is 0.825. The first-order chi connectivity index (χ1) is 4.31. The molecule has 2 N–H and O–H groups in total. The summed E-state index contributed by atoms with van der Waals surface area (Å²) >= 11 is 0. The molecule has 0 fully saturated rings. The molecule has 0 aliphatic rings. The van der Waals surface area contributed by atoms with E-state index in [0.29, 0.717) is 12.5 Å². The quantitative estimate of drug-likeness (QED) is 0.440. The Hall–Kier alpha value is -0.730. The molecule has 1 radical (unpaired) electrons. The second-order valence-corrected chi connectivity index (χ2v) is 1.75. The first kappa shape index (κ1) is 8.27. The van der Waals surface area contributed by atoms with Crippen LogP contribution in [0.5, 0.6) is 0 Å². The molecule has 0 aliphatic carbocycles. The van der Waals surface area contributed by atoms with E-state index in [-0.39, 0.29) is 0 Å². The SMILES string of the molecule is CCCN/C([NH])=N/CC. The average molecular weight is 128 g/mol. The molecule has 0 heterocycles. The van der Waals surface area contributed by atoms with Gasteiger partial charge in [-0.25, -0.2) is 0 Å². The Morgan fingerprint density at radius 3 is 2.67 bits per heavy atom. The number of nitrogens with one attached hydrogen (secondary N) is 2. The molecule has 0 saturated carbocycles. The molecule has 0 bridgehead atoms. The van der Waals surface area contributed by atoms with Crippen LogP contribution >= 0.6 is 0 Å². The van der Waals surface area contributed by atoms with Crippen molar-refractivity contribution in [2.45, 2.75) is 20.3 Å². The normalized spacial score (nSPS) is 11.6. The Bertz CT molecular complexity index is 88.3. The largest absolute Gasteiger partial charge is 0.355 e. The molecule has 3 heteroatoms. The van der Waals surface area contributed by atoms with Crippen LogP contribution < -0.4 is 11.1 Å². The van der Waals surface area contributed by atoms with Gasteiger partial charge in [0.25, 0.3) is 0 Å². The van der Waals surface area contributed by atoms with Crippen LogP contribution in [-0.2, 0) is 0 Å². The summed E-state index contributed by atoms with van der Waals surface area (Å²) in [6.07, 6.45) is 1.04. The summed E-state index contributed by atoms with van der Waals surface area (Å²) in [5.41, 5.74) is 7.11. The summed E-state index contributed by atoms with van der Waals surface area (Å²) in [6, 6.07) is 0. The van der Waals surface area contributed by atoms with Crippen molar-refractivity contribution in [2.24, 2.45) is 4.99 Å². The van der Waals surface area contributed by atoms with E-state index in [2.05, 4.69) is 17.2 Å². The van der Waals surface area contributed by atoms with Gasteiger partial charge in [0.2, 0.25) is 5.96 Å². The number of hydrogen-bond donors (Lipinski definition) is 1. The minimum atomic E-state index is 0.305. The van der Waals surface area contributed by atoms with Gasteiger partial charge in [-0.2, -0.15) is 0 Å². The van der Waals surface area contributed by atoms with E-state index in [1.807, 2.05) is 6.92 Å². The fraction of sp³-hybridized carbons (Fsp3) is 0.833. The van der Waals surface area contributed by atoms with Crippen molar-refractivity contribution in [3.8, 4) is 0 Å². The standard InChI is InChI=1S/C6H14N3/c1-3-5-9-6(7)8-4-2/h7H,3-5H2,1-2H3,(H,8,9). The monoisotopic (exact) mass is 128 g/mol. The Labute approximate surface area is 56.3 Å². The molecule has 0 unspecified atom stereocenters. The summed E-state index contributed by atoms with van der Waals surface area (Å²) < 4.78 is 0. The maximum Gasteiger partial charge on any atom is 0.210 e. The van der Waals surface area contributed by atoms with Crippen molar-refractivity contribution < 1.29 is 0 Å². The Balaban J connectivity index is 3.25. The third-order valence-corrected chi connectivity index (χ3v) is 0.859. The van der Waals surface area contributed by atoms with E-state index in [0.717, 1.165) is 13.0 Å². The molecule has 0 rings (SSSR count). The molecule has 0 aromatic carbocycles. The van der Waals surface area contributed by atoms with Gasteiger partial charge in [-0.3, -0.25) is 10.7 Å². The predicted octanol–water partition coefficient (Wildman–Crippen LogP) is 0.645. The van der Waals surface area contributed by atoms with Gasteiger partial charge >= 0.3 is 0 Å². The van der Waals surface area contributed by atoms with E-state index in [4.69, 9.17) is 5.73 Å². The van der Waals surface area contributed by atoms with Crippen LogP contribution in [-0.4, -0.2) is 19.0 Å². The van der Waals surface area contributed by atoms with Gasteiger partial charge in [0.15, 0.2) is 0 Å². The minimum Gasteiger partial charge on any atom is -0.355 e. The topological polar surface area (TPSA) is 48.2 Å². The van der Waals surface area contributed by atoms with Crippen molar-refractivity contribution in [1.82, 2.24) is 11.1 Å². The Morgan fingerprint density at radius 2 is 2.22 bits per heavy atom. The summed E-state index contributed by atoms with van der Waals surface area (Å²) in [5.74, 6) is 0.305. The van der Waals surface area contributed by atoms with Crippen LogP contribution in [0.15, 0.2) is 4.99 Å².